The summed E-state index contributed by atoms with van der Waals surface area (Å²) in [5.41, 5.74) is -2.66. The van der Waals surface area contributed by atoms with Gasteiger partial charge in [0.2, 0.25) is 0 Å². The number of carbonyl (C=O) groups is 1. The van der Waals surface area contributed by atoms with Crippen LogP contribution >= 0.6 is 0 Å². The highest BCUT2D eigenvalue weighted by Gasteiger charge is 2.52. The van der Waals surface area contributed by atoms with Crippen molar-refractivity contribution in [2.75, 3.05) is 13.0 Å². The second-order valence-electron chi connectivity index (χ2n) is 8.43. The molecule has 0 unspecified atom stereocenters. The first-order valence-electron chi connectivity index (χ1n) is 13.2. The molecule has 8 heteroatoms. The van der Waals surface area contributed by atoms with Crippen molar-refractivity contribution < 1.29 is 31.2 Å². The molecule has 7 nitrogen and oxygen atoms in total. The van der Waals surface area contributed by atoms with Gasteiger partial charge in [0.25, 0.3) is 0 Å². The highest BCUT2D eigenvalue weighted by molar-refractivity contribution is 6.61. The molecule has 0 bridgehead atoms. The molecule has 3 heterocycles. The third-order valence-electron chi connectivity index (χ3n) is 4.50. The Balaban J connectivity index is 2.14. The van der Waals surface area contributed by atoms with E-state index in [0.717, 1.165) is 12.5 Å². The monoisotopic (exact) mass is 386 g/mol. The van der Waals surface area contributed by atoms with Crippen molar-refractivity contribution in [2.24, 2.45) is 0 Å². The smallest absolute Gasteiger partial charge is 0.444 e. The Morgan fingerprint density at radius 1 is 1.30 bits per heavy atom. The SMILES string of the molecule is [2H]C1([2H])N(C(=O)OC(C)(C)C)C([2H])([2H])C([2H])([2H])C([2H])(n2cnc(B3OC(C)(C)C(C)(C)O3)c2)C1([2H])[2H]. The van der Waals surface area contributed by atoms with Crippen LogP contribution in [0.5, 0.6) is 0 Å². The van der Waals surface area contributed by atoms with Crippen LogP contribution in [0.2, 0.25) is 0 Å². The summed E-state index contributed by atoms with van der Waals surface area (Å²) in [7, 11) is -1.05. The summed E-state index contributed by atoms with van der Waals surface area (Å²) in [6, 6.07) is -3.28. The number of hydrogen-bond acceptors (Lipinski definition) is 5. The predicted octanol–water partition coefficient (Wildman–Crippen LogP) is 2.75. The maximum absolute atomic E-state index is 12.8. The maximum Gasteiger partial charge on any atom is 0.516 e. The molecule has 1 aromatic heterocycles. The second-order valence-corrected chi connectivity index (χ2v) is 8.43. The average molecular weight is 386 g/mol. The third kappa shape index (κ3) is 4.32. The minimum absolute atomic E-state index is 0.0579. The molecule has 2 fully saturated rings. The highest BCUT2D eigenvalue weighted by Crippen LogP contribution is 2.36. The van der Waals surface area contributed by atoms with Crippen LogP contribution in [0.4, 0.5) is 4.79 Å². The van der Waals surface area contributed by atoms with Crippen molar-refractivity contribution in [3.05, 3.63) is 12.5 Å². The molecule has 0 saturated carbocycles. The summed E-state index contributed by atoms with van der Waals surface area (Å²) < 4.78 is 94.6. The van der Waals surface area contributed by atoms with Crippen LogP contribution in [0.15, 0.2) is 12.5 Å². The molecular weight excluding hydrogens is 345 g/mol. The van der Waals surface area contributed by atoms with Crippen molar-refractivity contribution >= 4 is 18.8 Å². The number of hydrogen-bond donors (Lipinski definition) is 0. The number of rotatable bonds is 2. The first-order valence-corrected chi connectivity index (χ1v) is 8.71. The fraction of sp³-hybridized carbons (Fsp3) is 0.789. The Hall–Kier alpha value is -1.54. The number of ether oxygens (including phenoxy) is 1. The van der Waals surface area contributed by atoms with Crippen LogP contribution in [-0.2, 0) is 14.0 Å². The zero-order valence-electron chi connectivity index (χ0n) is 25.7. The molecule has 2 aliphatic rings. The molecule has 0 aromatic carbocycles. The molecule has 2 saturated heterocycles. The van der Waals surface area contributed by atoms with E-state index in [-0.39, 0.29) is 10.5 Å². The van der Waals surface area contributed by atoms with E-state index in [9.17, 15) is 4.79 Å². The number of piperidine rings is 1. The lowest BCUT2D eigenvalue weighted by Gasteiger charge is -2.33. The molecule has 150 valence electrons. The number of carbonyl (C=O) groups excluding carboxylic acids is 1. The molecule has 0 aliphatic carbocycles. The zero-order valence-corrected chi connectivity index (χ0v) is 16.7. The summed E-state index contributed by atoms with van der Waals surface area (Å²) in [4.78, 5) is 16.7. The van der Waals surface area contributed by atoms with Crippen molar-refractivity contribution in [3.8, 4) is 0 Å². The Kier molecular flexibility index (Phi) is 2.89. The largest absolute Gasteiger partial charge is 0.516 e. The molecule has 3 rings (SSSR count). The normalized spacial score (nSPS) is 36.5. The van der Waals surface area contributed by atoms with E-state index in [0.29, 0.717) is 4.57 Å². The van der Waals surface area contributed by atoms with E-state index >= 15 is 0 Å². The molecule has 0 atom stereocenters. The highest BCUT2D eigenvalue weighted by atomic mass is 16.7. The lowest BCUT2D eigenvalue weighted by atomic mass is 9.86. The van der Waals surface area contributed by atoms with Crippen LogP contribution in [-0.4, -0.2) is 57.5 Å². The molecular formula is C19H32BN3O4. The summed E-state index contributed by atoms with van der Waals surface area (Å²) >= 11 is 0. The number of amides is 1. The van der Waals surface area contributed by atoms with Crippen molar-refractivity contribution in [1.29, 1.82) is 0 Å². The minimum atomic E-state index is -3.53. The summed E-state index contributed by atoms with van der Waals surface area (Å²) in [6.45, 7) is 4.46. The van der Waals surface area contributed by atoms with Gasteiger partial charge in [0.15, 0.2) is 0 Å². The van der Waals surface area contributed by atoms with Crippen LogP contribution in [0.25, 0.3) is 0 Å². The van der Waals surface area contributed by atoms with Gasteiger partial charge in [0.1, 0.15) is 5.60 Å². The van der Waals surface area contributed by atoms with Crippen LogP contribution < -0.4 is 5.59 Å². The molecule has 1 aromatic rings. The Morgan fingerprint density at radius 2 is 1.85 bits per heavy atom. The number of aromatic nitrogens is 2. The standard InChI is InChI=1S/C19H32BN3O4/c1-17(2,3)25-16(24)22-10-8-14(9-11-22)23-12-15(21-13-23)20-26-18(4,5)19(6,7)27-20/h12-14H,8-11H2,1-7H3/i8D2,9D2,10D2,11D2,14D. The van der Waals surface area contributed by atoms with Gasteiger partial charge < -0.3 is 23.5 Å². The second kappa shape index (κ2) is 6.81. The fourth-order valence-electron chi connectivity index (χ4n) is 2.35. The number of nitrogens with zero attached hydrogens (tertiary/aromatic N) is 3. The van der Waals surface area contributed by atoms with Gasteiger partial charge in [-0.25, -0.2) is 9.78 Å². The Bertz CT molecular complexity index is 1010. The van der Waals surface area contributed by atoms with Gasteiger partial charge in [-0.1, -0.05) is 0 Å². The van der Waals surface area contributed by atoms with Gasteiger partial charge in [-0.05, 0) is 61.2 Å². The first kappa shape index (κ1) is 11.5. The topological polar surface area (TPSA) is 65.8 Å². The lowest BCUT2D eigenvalue weighted by Crippen LogP contribution is -2.42. The van der Waals surface area contributed by atoms with E-state index in [2.05, 4.69) is 4.98 Å². The van der Waals surface area contributed by atoms with Crippen LogP contribution in [0.3, 0.4) is 0 Å². The summed E-state index contributed by atoms with van der Waals surface area (Å²) in [5.74, 6) is 0. The van der Waals surface area contributed by atoms with E-state index in [4.69, 9.17) is 26.4 Å². The van der Waals surface area contributed by atoms with E-state index in [1.54, 1.807) is 27.7 Å². The van der Waals surface area contributed by atoms with Crippen LogP contribution in [0.1, 0.15) is 79.6 Å². The van der Waals surface area contributed by atoms with Gasteiger partial charge in [-0.15, -0.1) is 0 Å². The number of likely N-dealkylation sites (tertiary alicyclic amines) is 1. The Labute approximate surface area is 175 Å². The lowest BCUT2D eigenvalue weighted by molar-refractivity contribution is 0.00578. The average Bonchev–Trinajstić information content (AvgIpc) is 3.20. The van der Waals surface area contributed by atoms with E-state index in [1.165, 1.54) is 20.8 Å². The molecule has 1 amide bonds. The van der Waals surface area contributed by atoms with Gasteiger partial charge in [0, 0.05) is 36.2 Å². The minimum Gasteiger partial charge on any atom is -0.444 e. The zero-order chi connectivity index (χ0) is 28.1. The summed E-state index contributed by atoms with van der Waals surface area (Å²) in [5, 5.41) is 0. The van der Waals surface area contributed by atoms with Gasteiger partial charge in [-0.2, -0.15) is 0 Å². The molecule has 2 aliphatic heterocycles. The van der Waals surface area contributed by atoms with E-state index in [1.807, 2.05) is 0 Å². The molecule has 27 heavy (non-hydrogen) atoms. The van der Waals surface area contributed by atoms with Crippen molar-refractivity contribution in [1.82, 2.24) is 14.5 Å². The van der Waals surface area contributed by atoms with Gasteiger partial charge in [0.05, 0.1) is 24.5 Å². The quantitative estimate of drug-likeness (QED) is 0.732. The van der Waals surface area contributed by atoms with Crippen molar-refractivity contribution in [3.63, 3.8) is 0 Å². The first-order chi connectivity index (χ1) is 15.8. The fourth-order valence-corrected chi connectivity index (χ4v) is 2.35. The van der Waals surface area contributed by atoms with Gasteiger partial charge in [-0.3, -0.25) is 0 Å². The van der Waals surface area contributed by atoms with E-state index < -0.39 is 61.8 Å². The molecule has 0 spiro atoms. The molecule has 0 radical (unpaired) electrons. The predicted molar refractivity (Wildman–Crippen MR) is 104 cm³/mol. The van der Waals surface area contributed by atoms with Crippen molar-refractivity contribution in [2.45, 2.75) is 84.0 Å². The van der Waals surface area contributed by atoms with Crippen LogP contribution in [0, 0.1) is 0 Å². The number of imidazole rings is 1. The maximum atomic E-state index is 12.8. The Morgan fingerprint density at radius 3 is 2.37 bits per heavy atom. The third-order valence-corrected chi connectivity index (χ3v) is 4.50. The van der Waals surface area contributed by atoms with Gasteiger partial charge >= 0.3 is 13.2 Å². The molecule has 0 N–H and O–H groups in total. The summed E-state index contributed by atoms with van der Waals surface area (Å²) in [6.07, 6.45) is -6.66.